The molecule has 0 bridgehead atoms. The first-order valence-corrected chi connectivity index (χ1v) is 22.4. The van der Waals surface area contributed by atoms with Gasteiger partial charge in [0.15, 0.2) is 0 Å². The molecule has 364 valence electrons. The van der Waals surface area contributed by atoms with Gasteiger partial charge in [-0.15, -0.1) is 137 Å². The molecule has 0 atom stereocenters. The number of nitrogens with zero attached hydrogens (tertiary/aromatic N) is 4. The summed E-state index contributed by atoms with van der Waals surface area (Å²) in [7, 11) is 1.66. The molecule has 4 radical (unpaired) electrons. The molecule has 0 saturated carbocycles. The average molecular weight is 1640 g/mol. The smallest absolute Gasteiger partial charge is 0.0751 e. The van der Waals surface area contributed by atoms with Crippen LogP contribution < -0.4 is 4.74 Å². The van der Waals surface area contributed by atoms with Crippen molar-refractivity contribution >= 4 is 43.6 Å². The van der Waals surface area contributed by atoms with E-state index in [1.807, 2.05) is 158 Å². The van der Waals surface area contributed by atoms with Crippen LogP contribution in [-0.4, -0.2) is 27.0 Å². The Morgan fingerprint density at radius 2 is 0.708 bits per heavy atom. The summed E-state index contributed by atoms with van der Waals surface area (Å²) in [4.78, 5) is 18.5. The Hall–Kier alpha value is -6.20. The van der Waals surface area contributed by atoms with E-state index in [4.69, 9.17) is 4.74 Å². The Bertz CT molecular complexity index is 3610. The van der Waals surface area contributed by atoms with Crippen molar-refractivity contribution in [1.82, 2.24) is 19.9 Å². The zero-order valence-electron chi connectivity index (χ0n) is 39.4. The number of pyridine rings is 4. The van der Waals surface area contributed by atoms with Gasteiger partial charge in [0, 0.05) is 86.2 Å². The number of fused-ring (bicyclic) bond motifs is 4. The number of hydrogen-bond donors (Lipinski definition) is 0. The Morgan fingerprint density at radius 3 is 1.11 bits per heavy atom. The van der Waals surface area contributed by atoms with E-state index in [1.165, 1.54) is 27.3 Å². The van der Waals surface area contributed by atoms with Gasteiger partial charge in [-0.2, -0.15) is 0 Å². The van der Waals surface area contributed by atoms with E-state index in [1.54, 1.807) is 7.11 Å². The summed E-state index contributed by atoms with van der Waals surface area (Å²) in [5.41, 5.74) is 14.4. The van der Waals surface area contributed by atoms with Gasteiger partial charge in [-0.1, -0.05) is 135 Å². The quantitative estimate of drug-likeness (QED) is 0.161. The van der Waals surface area contributed by atoms with Crippen molar-refractivity contribution in [2.24, 2.45) is 0 Å². The van der Waals surface area contributed by atoms with Crippen molar-refractivity contribution < 1.29 is 85.2 Å². The maximum absolute atomic E-state index is 5.22. The summed E-state index contributed by atoms with van der Waals surface area (Å²) in [6, 6.07) is 87.7. The summed E-state index contributed by atoms with van der Waals surface area (Å²) >= 11 is 0. The maximum Gasteiger partial charge on any atom is 0.0751 e. The van der Waals surface area contributed by atoms with E-state index in [0.29, 0.717) is 0 Å². The fourth-order valence-corrected chi connectivity index (χ4v) is 7.53. The van der Waals surface area contributed by atoms with Crippen LogP contribution in [-0.2, 0) is 80.4 Å². The first-order chi connectivity index (χ1) is 33.5. The minimum atomic E-state index is 0. The molecule has 0 fully saturated rings. The first kappa shape index (κ1) is 56.7. The Morgan fingerprint density at radius 1 is 0.319 bits per heavy atom. The molecule has 0 aliphatic carbocycles. The van der Waals surface area contributed by atoms with Crippen LogP contribution in [0.2, 0.25) is 0 Å². The second-order valence-corrected chi connectivity index (χ2v) is 16.0. The number of benzene rings is 8. The van der Waals surface area contributed by atoms with Gasteiger partial charge in [0.2, 0.25) is 0 Å². The summed E-state index contributed by atoms with van der Waals surface area (Å²) in [6.07, 6.45) is 0. The SMILES string of the molecule is COc1cc[c-]c(-c2ccc3ccccc3n2)c1.Cc1c[c-]c(-c2ccc3ccccc3n2)cc1.Cc1cc[c-]c(-c2ccc3ccccc3n2)c1.[Ir].[Ir].[Ir].[Ir].[c-]1ccccc1-c1ccc2ccccc2n1. The van der Waals surface area contributed by atoms with Gasteiger partial charge in [0.1, 0.15) is 0 Å². The maximum atomic E-state index is 5.22. The molecule has 9 heteroatoms. The fraction of sp³-hybridized carbons (Fsp3) is 0.0476. The van der Waals surface area contributed by atoms with Crippen LogP contribution in [0.15, 0.2) is 224 Å². The summed E-state index contributed by atoms with van der Waals surface area (Å²) in [5, 5.41) is 4.65. The van der Waals surface area contributed by atoms with Crippen LogP contribution in [0.5, 0.6) is 5.75 Å². The molecule has 5 nitrogen and oxygen atoms in total. The van der Waals surface area contributed by atoms with Gasteiger partial charge < -0.3 is 4.74 Å². The molecule has 0 amide bonds. The van der Waals surface area contributed by atoms with Crippen molar-refractivity contribution in [2.45, 2.75) is 13.8 Å². The minimum Gasteiger partial charge on any atom is -0.516 e. The normalized spacial score (nSPS) is 9.99. The Balaban J connectivity index is 0.000000175. The first-order valence-electron chi connectivity index (χ1n) is 22.4. The molecular formula is C63H46Ir4N4O-4. The van der Waals surface area contributed by atoms with Crippen LogP contribution in [0.3, 0.4) is 0 Å². The number of rotatable bonds is 5. The third kappa shape index (κ3) is 14.9. The minimum absolute atomic E-state index is 0. The second-order valence-electron chi connectivity index (χ2n) is 16.0. The van der Waals surface area contributed by atoms with Crippen molar-refractivity contribution in [3.05, 3.63) is 260 Å². The van der Waals surface area contributed by atoms with Gasteiger partial charge in [-0.25, -0.2) is 0 Å². The monoisotopic (exact) mass is 1650 g/mol. The van der Waals surface area contributed by atoms with Crippen LogP contribution in [0.4, 0.5) is 0 Å². The molecule has 8 aromatic carbocycles. The van der Waals surface area contributed by atoms with E-state index in [-0.39, 0.29) is 80.4 Å². The molecule has 4 aromatic heterocycles. The van der Waals surface area contributed by atoms with Crippen LogP contribution in [0, 0.1) is 38.1 Å². The average Bonchev–Trinajstić information content (AvgIpc) is 3.41. The van der Waals surface area contributed by atoms with Gasteiger partial charge in [0.25, 0.3) is 0 Å². The largest absolute Gasteiger partial charge is 0.516 e. The van der Waals surface area contributed by atoms with Crippen LogP contribution in [0.1, 0.15) is 11.1 Å². The van der Waals surface area contributed by atoms with Gasteiger partial charge >= 0.3 is 0 Å². The molecule has 0 aliphatic heterocycles. The molecule has 0 aliphatic rings. The van der Waals surface area contributed by atoms with E-state index in [0.717, 1.165) is 78.2 Å². The number of para-hydroxylation sites is 4. The van der Waals surface area contributed by atoms with Gasteiger partial charge in [-0.3, -0.25) is 19.9 Å². The number of aromatic nitrogens is 4. The Kier molecular flexibility index (Phi) is 22.2. The van der Waals surface area contributed by atoms with Gasteiger partial charge in [-0.05, 0) is 68.6 Å². The number of methoxy groups -OCH3 is 1. The predicted octanol–water partition coefficient (Wildman–Crippen LogP) is 15.4. The molecule has 12 aromatic rings. The molecule has 0 unspecified atom stereocenters. The molecule has 0 N–H and O–H groups in total. The molecule has 12 rings (SSSR count). The number of hydrogen-bond acceptors (Lipinski definition) is 5. The number of aryl methyl sites for hydroxylation is 2. The van der Waals surface area contributed by atoms with Crippen LogP contribution >= 0.6 is 0 Å². The zero-order valence-corrected chi connectivity index (χ0v) is 49.0. The molecule has 0 saturated heterocycles. The molecular weight excluding hydrogens is 1600 g/mol. The fourth-order valence-electron chi connectivity index (χ4n) is 7.53. The topological polar surface area (TPSA) is 60.8 Å². The molecule has 4 heterocycles. The second kappa shape index (κ2) is 28.1. The van der Waals surface area contributed by atoms with E-state index in [2.05, 4.69) is 125 Å². The third-order valence-corrected chi connectivity index (χ3v) is 11.1. The van der Waals surface area contributed by atoms with Crippen molar-refractivity contribution in [3.63, 3.8) is 0 Å². The van der Waals surface area contributed by atoms with Crippen molar-refractivity contribution in [1.29, 1.82) is 0 Å². The van der Waals surface area contributed by atoms with Gasteiger partial charge in [0.05, 0.1) is 29.2 Å². The number of ether oxygens (including phenoxy) is 1. The predicted molar refractivity (Wildman–Crippen MR) is 280 cm³/mol. The van der Waals surface area contributed by atoms with Crippen molar-refractivity contribution in [3.8, 4) is 50.8 Å². The zero-order chi connectivity index (χ0) is 46.5. The summed E-state index contributed by atoms with van der Waals surface area (Å²) in [5.74, 6) is 0.818. The van der Waals surface area contributed by atoms with E-state index in [9.17, 15) is 0 Å². The van der Waals surface area contributed by atoms with Crippen molar-refractivity contribution in [2.75, 3.05) is 7.11 Å². The standard InChI is InChI=1S/C16H12NO.2C16H12N.C15H10N.4Ir/c1-18-14-7-4-6-13(11-14)16-10-9-12-5-2-3-8-15(12)17-16;1-12-5-4-7-14(11-12)16-10-9-13-6-2-3-8-15(13)17-16;1-12-6-8-14(9-7-12)16-11-10-13-4-2-3-5-15(13)17-16;1-2-6-12(7-3-1)15-11-10-13-8-4-5-9-14(13)16-15;;;;/h2-5,7-11H,1H3;2-6,8-11H,1H3;2-8,10-11H,1H3;1-6,8-11H;;;;/q4*-1;;;;. The molecule has 0 spiro atoms. The Labute approximate surface area is 476 Å². The summed E-state index contributed by atoms with van der Waals surface area (Å²) in [6.45, 7) is 4.15. The molecule has 72 heavy (non-hydrogen) atoms. The third-order valence-electron chi connectivity index (χ3n) is 11.1. The van der Waals surface area contributed by atoms with E-state index >= 15 is 0 Å². The van der Waals surface area contributed by atoms with Crippen LogP contribution in [0.25, 0.3) is 88.6 Å². The van der Waals surface area contributed by atoms with E-state index < -0.39 is 0 Å². The summed E-state index contributed by atoms with van der Waals surface area (Å²) < 4.78 is 5.22.